The minimum Gasteiger partial charge on any atom is -0.379 e. The highest BCUT2D eigenvalue weighted by atomic mass is 16.6. The van der Waals surface area contributed by atoms with E-state index >= 15 is 0 Å². The number of rotatable bonds is 18. The van der Waals surface area contributed by atoms with Gasteiger partial charge in [-0.25, -0.2) is 0 Å². The summed E-state index contributed by atoms with van der Waals surface area (Å²) in [6.45, 7) is 13.9. The van der Waals surface area contributed by atoms with Gasteiger partial charge in [-0.3, -0.25) is 4.79 Å². The summed E-state index contributed by atoms with van der Waals surface area (Å²) in [6, 6.07) is 0. The second kappa shape index (κ2) is 18.1. The Morgan fingerprint density at radius 1 is 0.840 bits per heavy atom. The van der Waals surface area contributed by atoms with Gasteiger partial charge < -0.3 is 24.3 Å². The number of ether oxygens (including phenoxy) is 4. The Hall–Kier alpha value is -0.690. The molecule has 150 valence electrons. The van der Waals surface area contributed by atoms with Gasteiger partial charge in [0.2, 0.25) is 5.91 Å². The maximum Gasteiger partial charge on any atom is 0.220 e. The Morgan fingerprint density at radius 3 is 1.88 bits per heavy atom. The Morgan fingerprint density at radius 2 is 1.36 bits per heavy atom. The predicted molar refractivity (Wildman–Crippen MR) is 99.8 cm³/mol. The van der Waals surface area contributed by atoms with E-state index in [0.29, 0.717) is 71.0 Å². The molecule has 0 bridgehead atoms. The monoisotopic (exact) mass is 361 g/mol. The largest absolute Gasteiger partial charge is 0.379 e. The SMILES string of the molecule is CCC(C)COCCOCCOCCOCCNC(=O)CCC(C)C. The molecule has 0 spiro atoms. The first-order valence-corrected chi connectivity index (χ1v) is 9.63. The van der Waals surface area contributed by atoms with Gasteiger partial charge in [0.25, 0.3) is 0 Å². The number of amides is 1. The van der Waals surface area contributed by atoms with E-state index in [2.05, 4.69) is 33.0 Å². The number of carbonyl (C=O) groups excluding carboxylic acids is 1. The molecule has 0 aromatic carbocycles. The second-order valence-corrected chi connectivity index (χ2v) is 6.71. The Bertz CT molecular complexity index is 300. The van der Waals surface area contributed by atoms with E-state index in [4.69, 9.17) is 18.9 Å². The third-order valence-corrected chi connectivity index (χ3v) is 3.73. The number of hydrogen-bond acceptors (Lipinski definition) is 5. The fourth-order valence-corrected chi connectivity index (χ4v) is 1.83. The van der Waals surface area contributed by atoms with Crippen molar-refractivity contribution >= 4 is 5.91 Å². The molecule has 0 fully saturated rings. The van der Waals surface area contributed by atoms with Crippen LogP contribution >= 0.6 is 0 Å². The predicted octanol–water partition coefficient (Wildman–Crippen LogP) is 2.65. The van der Waals surface area contributed by atoms with Crippen molar-refractivity contribution in [3.63, 3.8) is 0 Å². The first kappa shape index (κ1) is 24.3. The molecule has 0 aromatic heterocycles. The summed E-state index contributed by atoms with van der Waals surface area (Å²) in [5, 5.41) is 2.85. The highest BCUT2D eigenvalue weighted by Gasteiger charge is 2.02. The normalized spacial score (nSPS) is 12.5. The number of nitrogens with one attached hydrogen (secondary N) is 1. The topological polar surface area (TPSA) is 66.0 Å². The lowest BCUT2D eigenvalue weighted by atomic mass is 10.1. The van der Waals surface area contributed by atoms with E-state index in [9.17, 15) is 4.79 Å². The molecule has 1 amide bonds. The first-order valence-electron chi connectivity index (χ1n) is 9.63. The first-order chi connectivity index (χ1) is 12.1. The summed E-state index contributed by atoms with van der Waals surface area (Å²) in [6.07, 6.45) is 2.65. The van der Waals surface area contributed by atoms with Crippen molar-refractivity contribution in [2.75, 3.05) is 59.4 Å². The van der Waals surface area contributed by atoms with Crippen molar-refractivity contribution in [3.05, 3.63) is 0 Å². The van der Waals surface area contributed by atoms with Crippen LogP contribution in [-0.4, -0.2) is 65.3 Å². The van der Waals surface area contributed by atoms with Crippen molar-refractivity contribution in [1.82, 2.24) is 5.32 Å². The van der Waals surface area contributed by atoms with Crippen LogP contribution in [0.2, 0.25) is 0 Å². The van der Waals surface area contributed by atoms with Crippen LogP contribution in [0.25, 0.3) is 0 Å². The summed E-state index contributed by atoms with van der Waals surface area (Å²) in [4.78, 5) is 11.5. The fraction of sp³-hybridized carbons (Fsp3) is 0.947. The molecule has 0 aliphatic carbocycles. The molecule has 0 aliphatic rings. The van der Waals surface area contributed by atoms with E-state index in [0.717, 1.165) is 19.4 Å². The molecule has 0 saturated heterocycles. The number of carbonyl (C=O) groups is 1. The van der Waals surface area contributed by atoms with Gasteiger partial charge in [-0.1, -0.05) is 34.1 Å². The van der Waals surface area contributed by atoms with E-state index in [1.54, 1.807) is 0 Å². The molecule has 0 saturated carbocycles. The lowest BCUT2D eigenvalue weighted by Gasteiger charge is -2.10. The van der Waals surface area contributed by atoms with Crippen LogP contribution in [0.5, 0.6) is 0 Å². The molecule has 1 atom stereocenters. The van der Waals surface area contributed by atoms with Crippen molar-refractivity contribution in [3.8, 4) is 0 Å². The fourth-order valence-electron chi connectivity index (χ4n) is 1.83. The zero-order chi connectivity index (χ0) is 18.8. The molecular weight excluding hydrogens is 322 g/mol. The standard InChI is InChI=1S/C19H39NO5/c1-5-18(4)16-25-15-14-24-13-12-23-11-10-22-9-8-20-19(21)7-6-17(2)3/h17-18H,5-16H2,1-4H3,(H,20,21). The average Bonchev–Trinajstić information content (AvgIpc) is 2.59. The van der Waals surface area contributed by atoms with Crippen LogP contribution < -0.4 is 5.32 Å². The average molecular weight is 362 g/mol. The van der Waals surface area contributed by atoms with Gasteiger partial charge in [0, 0.05) is 19.6 Å². The highest BCUT2D eigenvalue weighted by Crippen LogP contribution is 2.02. The molecule has 1 unspecified atom stereocenters. The van der Waals surface area contributed by atoms with Gasteiger partial charge in [0.05, 0.1) is 46.2 Å². The minimum atomic E-state index is 0.0961. The van der Waals surface area contributed by atoms with Crippen molar-refractivity contribution < 1.29 is 23.7 Å². The van der Waals surface area contributed by atoms with Crippen LogP contribution in [0, 0.1) is 11.8 Å². The van der Waals surface area contributed by atoms with Gasteiger partial charge in [-0.15, -0.1) is 0 Å². The molecule has 0 rings (SSSR count). The van der Waals surface area contributed by atoms with Crippen LogP contribution in [0.1, 0.15) is 47.0 Å². The highest BCUT2D eigenvalue weighted by molar-refractivity contribution is 5.75. The molecular formula is C19H39NO5. The van der Waals surface area contributed by atoms with E-state index in [1.807, 2.05) is 0 Å². The Kier molecular flexibility index (Phi) is 17.6. The van der Waals surface area contributed by atoms with Gasteiger partial charge in [-0.05, 0) is 18.3 Å². The molecule has 25 heavy (non-hydrogen) atoms. The lowest BCUT2D eigenvalue weighted by Crippen LogP contribution is -2.27. The van der Waals surface area contributed by atoms with Crippen molar-refractivity contribution in [1.29, 1.82) is 0 Å². The van der Waals surface area contributed by atoms with Gasteiger partial charge in [0.1, 0.15) is 0 Å². The summed E-state index contributed by atoms with van der Waals surface area (Å²) >= 11 is 0. The smallest absolute Gasteiger partial charge is 0.220 e. The van der Waals surface area contributed by atoms with Gasteiger partial charge in [0.15, 0.2) is 0 Å². The van der Waals surface area contributed by atoms with E-state index in [-0.39, 0.29) is 5.91 Å². The molecule has 6 heteroatoms. The summed E-state index contributed by atoms with van der Waals surface area (Å²) in [5.74, 6) is 1.26. The van der Waals surface area contributed by atoms with Crippen LogP contribution in [0.3, 0.4) is 0 Å². The minimum absolute atomic E-state index is 0.0961. The second-order valence-electron chi connectivity index (χ2n) is 6.71. The van der Waals surface area contributed by atoms with Crippen molar-refractivity contribution in [2.24, 2.45) is 11.8 Å². The number of hydrogen-bond donors (Lipinski definition) is 1. The summed E-state index contributed by atoms with van der Waals surface area (Å²) in [7, 11) is 0. The Labute approximate surface area is 153 Å². The zero-order valence-corrected chi connectivity index (χ0v) is 16.7. The summed E-state index contributed by atoms with van der Waals surface area (Å²) in [5.41, 5.74) is 0. The maximum absolute atomic E-state index is 11.5. The quantitative estimate of drug-likeness (QED) is 0.380. The van der Waals surface area contributed by atoms with E-state index < -0.39 is 0 Å². The molecule has 1 N–H and O–H groups in total. The molecule has 6 nitrogen and oxygen atoms in total. The third-order valence-electron chi connectivity index (χ3n) is 3.73. The third kappa shape index (κ3) is 19.5. The van der Waals surface area contributed by atoms with Crippen LogP contribution in [0.15, 0.2) is 0 Å². The van der Waals surface area contributed by atoms with Crippen LogP contribution in [-0.2, 0) is 23.7 Å². The zero-order valence-electron chi connectivity index (χ0n) is 16.7. The van der Waals surface area contributed by atoms with Gasteiger partial charge >= 0.3 is 0 Å². The summed E-state index contributed by atoms with van der Waals surface area (Å²) < 4.78 is 21.7. The molecule has 0 aromatic rings. The molecule has 0 radical (unpaired) electrons. The molecule has 0 aliphatic heterocycles. The van der Waals surface area contributed by atoms with Gasteiger partial charge in [-0.2, -0.15) is 0 Å². The van der Waals surface area contributed by atoms with Crippen LogP contribution in [0.4, 0.5) is 0 Å². The Balaban J connectivity index is 3.13. The lowest BCUT2D eigenvalue weighted by molar-refractivity contribution is -0.121. The molecule has 0 heterocycles. The van der Waals surface area contributed by atoms with E-state index in [1.165, 1.54) is 0 Å². The van der Waals surface area contributed by atoms with Crippen molar-refractivity contribution in [2.45, 2.75) is 47.0 Å². The maximum atomic E-state index is 11.5.